The molecule has 0 amide bonds. The van der Waals surface area contributed by atoms with Gasteiger partial charge in [0.2, 0.25) is 0 Å². The van der Waals surface area contributed by atoms with E-state index in [2.05, 4.69) is 20.8 Å². The first-order valence-corrected chi connectivity index (χ1v) is 8.27. The second-order valence-corrected chi connectivity index (χ2v) is 7.45. The molecule has 2 nitrogen and oxygen atoms in total. The Morgan fingerprint density at radius 2 is 1.79 bits per heavy atom. The molecule has 3 heteroatoms. The fourth-order valence-electron chi connectivity index (χ4n) is 2.48. The Balaban J connectivity index is 2.55. The molecule has 1 aliphatic rings. The predicted octanol–water partition coefficient (Wildman–Crippen LogP) is 3.32. The van der Waals surface area contributed by atoms with Gasteiger partial charge in [-0.15, -0.1) is 0 Å². The molecule has 0 N–H and O–H groups in total. The van der Waals surface area contributed by atoms with E-state index in [4.69, 9.17) is 8.85 Å². The zero-order valence-electron chi connectivity index (χ0n) is 9.84. The molecule has 0 aromatic rings. The number of hydrogen-bond donors (Lipinski definition) is 0. The molecule has 1 atom stereocenters. The van der Waals surface area contributed by atoms with Gasteiger partial charge in [0, 0.05) is 13.2 Å². The summed E-state index contributed by atoms with van der Waals surface area (Å²) in [4.78, 5) is 0. The number of rotatable bonds is 5. The standard InChI is InChI=1S/C11H24O2Si/c1-4-11-8-7-9-14(10-11,12-5-2)13-6-3/h11H,4-10H2,1-3H3. The molecule has 1 heterocycles. The molecule has 0 saturated carbocycles. The summed E-state index contributed by atoms with van der Waals surface area (Å²) >= 11 is 0. The fourth-order valence-corrected chi connectivity index (χ4v) is 6.46. The van der Waals surface area contributed by atoms with Crippen molar-refractivity contribution in [2.45, 2.75) is 52.1 Å². The summed E-state index contributed by atoms with van der Waals surface area (Å²) in [6.07, 6.45) is 3.98. The molecule has 14 heavy (non-hydrogen) atoms. The maximum Gasteiger partial charge on any atom is 0.338 e. The average Bonchev–Trinajstić information content (AvgIpc) is 2.19. The van der Waals surface area contributed by atoms with Crippen molar-refractivity contribution in [1.29, 1.82) is 0 Å². The van der Waals surface area contributed by atoms with Crippen molar-refractivity contribution in [3.8, 4) is 0 Å². The van der Waals surface area contributed by atoms with Gasteiger partial charge in [-0.3, -0.25) is 0 Å². The van der Waals surface area contributed by atoms with Gasteiger partial charge in [-0.1, -0.05) is 26.2 Å². The van der Waals surface area contributed by atoms with Crippen LogP contribution in [-0.2, 0) is 8.85 Å². The highest BCUT2D eigenvalue weighted by Gasteiger charge is 2.41. The van der Waals surface area contributed by atoms with E-state index in [1.54, 1.807) is 0 Å². The summed E-state index contributed by atoms with van der Waals surface area (Å²) < 4.78 is 11.9. The third-order valence-electron chi connectivity index (χ3n) is 3.16. The highest BCUT2D eigenvalue weighted by molar-refractivity contribution is 6.67. The van der Waals surface area contributed by atoms with Crippen LogP contribution >= 0.6 is 0 Å². The molecule has 0 aromatic carbocycles. The smallest absolute Gasteiger partial charge is 0.338 e. The van der Waals surface area contributed by atoms with E-state index in [1.165, 1.54) is 31.4 Å². The van der Waals surface area contributed by atoms with Crippen LogP contribution in [0.1, 0.15) is 40.0 Å². The average molecular weight is 216 g/mol. The minimum Gasteiger partial charge on any atom is -0.394 e. The minimum atomic E-state index is -1.77. The molecule has 0 aliphatic carbocycles. The van der Waals surface area contributed by atoms with E-state index in [0.717, 1.165) is 19.1 Å². The van der Waals surface area contributed by atoms with E-state index >= 15 is 0 Å². The van der Waals surface area contributed by atoms with Crippen LogP contribution < -0.4 is 0 Å². The van der Waals surface area contributed by atoms with Gasteiger partial charge in [0.15, 0.2) is 0 Å². The highest BCUT2D eigenvalue weighted by Crippen LogP contribution is 2.35. The molecule has 1 aliphatic heterocycles. The van der Waals surface area contributed by atoms with Crippen LogP contribution in [0.4, 0.5) is 0 Å². The monoisotopic (exact) mass is 216 g/mol. The van der Waals surface area contributed by atoms with Crippen molar-refractivity contribution in [2.75, 3.05) is 13.2 Å². The quantitative estimate of drug-likeness (QED) is 0.656. The summed E-state index contributed by atoms with van der Waals surface area (Å²) in [6.45, 7) is 8.10. The van der Waals surface area contributed by atoms with Crippen LogP contribution in [0.25, 0.3) is 0 Å². The first-order valence-electron chi connectivity index (χ1n) is 6.04. The lowest BCUT2D eigenvalue weighted by Gasteiger charge is -2.37. The summed E-state index contributed by atoms with van der Waals surface area (Å²) in [5.74, 6) is 0.855. The van der Waals surface area contributed by atoms with Crippen LogP contribution in [0.5, 0.6) is 0 Å². The molecule has 0 bridgehead atoms. The molecule has 0 aromatic heterocycles. The van der Waals surface area contributed by atoms with E-state index < -0.39 is 8.56 Å². The SMILES string of the molecule is CCO[Si]1(OCC)CCCC(CC)C1. The van der Waals surface area contributed by atoms with E-state index in [9.17, 15) is 0 Å². The van der Waals surface area contributed by atoms with Crippen molar-refractivity contribution < 1.29 is 8.85 Å². The molecular formula is C11H24O2Si. The van der Waals surface area contributed by atoms with Crippen LogP contribution in [0.15, 0.2) is 0 Å². The first-order chi connectivity index (χ1) is 6.76. The van der Waals surface area contributed by atoms with Gasteiger partial charge >= 0.3 is 8.56 Å². The largest absolute Gasteiger partial charge is 0.394 e. The van der Waals surface area contributed by atoms with Crippen molar-refractivity contribution in [1.82, 2.24) is 0 Å². The van der Waals surface area contributed by atoms with Crippen LogP contribution in [0.2, 0.25) is 12.1 Å². The zero-order chi connectivity index (χ0) is 10.4. The van der Waals surface area contributed by atoms with Gasteiger partial charge < -0.3 is 8.85 Å². The molecule has 1 saturated heterocycles. The Labute approximate surface area is 89.2 Å². The predicted molar refractivity (Wildman–Crippen MR) is 61.6 cm³/mol. The molecular weight excluding hydrogens is 192 g/mol. The van der Waals surface area contributed by atoms with E-state index in [1.807, 2.05) is 0 Å². The molecule has 1 fully saturated rings. The lowest BCUT2D eigenvalue weighted by molar-refractivity contribution is 0.166. The summed E-state index contributed by atoms with van der Waals surface area (Å²) in [5, 5.41) is 0. The Morgan fingerprint density at radius 3 is 2.29 bits per heavy atom. The molecule has 0 spiro atoms. The van der Waals surface area contributed by atoms with Crippen LogP contribution in [-0.4, -0.2) is 21.8 Å². The molecule has 84 valence electrons. The van der Waals surface area contributed by atoms with Gasteiger partial charge in [0.1, 0.15) is 0 Å². The summed E-state index contributed by atoms with van der Waals surface area (Å²) in [5.41, 5.74) is 0. The Kier molecular flexibility index (Phi) is 5.13. The lowest BCUT2D eigenvalue weighted by Crippen LogP contribution is -2.46. The Hall–Kier alpha value is 0.137. The summed E-state index contributed by atoms with van der Waals surface area (Å²) in [6, 6.07) is 2.44. The van der Waals surface area contributed by atoms with E-state index in [-0.39, 0.29) is 0 Å². The first kappa shape index (κ1) is 12.2. The molecule has 1 rings (SSSR count). The van der Waals surface area contributed by atoms with Crippen molar-refractivity contribution in [3.63, 3.8) is 0 Å². The minimum absolute atomic E-state index is 0.822. The Bertz CT molecular complexity index is 150. The molecule has 1 unspecified atom stereocenters. The second kappa shape index (κ2) is 5.88. The maximum absolute atomic E-state index is 5.96. The Morgan fingerprint density at radius 1 is 1.14 bits per heavy atom. The van der Waals surface area contributed by atoms with Gasteiger partial charge in [0.05, 0.1) is 0 Å². The topological polar surface area (TPSA) is 18.5 Å². The van der Waals surface area contributed by atoms with Gasteiger partial charge in [-0.2, -0.15) is 0 Å². The third kappa shape index (κ3) is 3.07. The van der Waals surface area contributed by atoms with Gasteiger partial charge in [0.25, 0.3) is 0 Å². The second-order valence-electron chi connectivity index (χ2n) is 4.15. The number of hydrogen-bond acceptors (Lipinski definition) is 2. The summed E-state index contributed by atoms with van der Waals surface area (Å²) in [7, 11) is -1.77. The zero-order valence-corrected chi connectivity index (χ0v) is 10.8. The molecule has 0 radical (unpaired) electrons. The maximum atomic E-state index is 5.96. The normalized spacial score (nSPS) is 26.4. The highest BCUT2D eigenvalue weighted by atomic mass is 28.4. The van der Waals surface area contributed by atoms with Crippen molar-refractivity contribution in [3.05, 3.63) is 0 Å². The van der Waals surface area contributed by atoms with Crippen LogP contribution in [0.3, 0.4) is 0 Å². The lowest BCUT2D eigenvalue weighted by atomic mass is 10.0. The van der Waals surface area contributed by atoms with Crippen molar-refractivity contribution in [2.24, 2.45) is 5.92 Å². The van der Waals surface area contributed by atoms with Gasteiger partial charge in [-0.25, -0.2) is 0 Å². The third-order valence-corrected chi connectivity index (χ3v) is 7.11. The van der Waals surface area contributed by atoms with Crippen LogP contribution in [0, 0.1) is 5.92 Å². The van der Waals surface area contributed by atoms with Gasteiger partial charge in [-0.05, 0) is 31.9 Å². The van der Waals surface area contributed by atoms with E-state index in [0.29, 0.717) is 0 Å². The van der Waals surface area contributed by atoms with Crippen molar-refractivity contribution >= 4 is 8.56 Å². The fraction of sp³-hybridized carbons (Fsp3) is 1.00.